The average Bonchev–Trinajstić information content (AvgIpc) is 3.72. The van der Waals surface area contributed by atoms with Crippen molar-refractivity contribution in [3.8, 4) is 11.5 Å². The summed E-state index contributed by atoms with van der Waals surface area (Å²) in [4.78, 5) is 63.1. The first-order valence-corrected chi connectivity index (χ1v) is 16.5. The number of hydrogen-bond acceptors (Lipinski definition) is 19. The van der Waals surface area contributed by atoms with Gasteiger partial charge in [0.1, 0.15) is 0 Å². The summed E-state index contributed by atoms with van der Waals surface area (Å²) in [5, 5.41) is 28.3. The number of nitrogens with zero attached hydrogens (tertiary/aromatic N) is 3. The van der Waals surface area contributed by atoms with Crippen LogP contribution in [-0.4, -0.2) is 69.4 Å². The molecule has 0 saturated carbocycles. The average molecular weight is 674 g/mol. The summed E-state index contributed by atoms with van der Waals surface area (Å²) in [6.07, 6.45) is 2.41. The summed E-state index contributed by atoms with van der Waals surface area (Å²) in [7, 11) is -10.5. The minimum atomic E-state index is -5.27. The van der Waals surface area contributed by atoms with E-state index in [4.69, 9.17) is 38.7 Å². The molecule has 1 fully saturated rings. The molecule has 23 heteroatoms. The number of furan rings is 1. The number of aromatic hydroxyl groups is 1. The molecule has 0 amide bonds. The van der Waals surface area contributed by atoms with Crippen LogP contribution < -0.4 is 37.1 Å². The van der Waals surface area contributed by atoms with Crippen LogP contribution in [0.15, 0.2) is 51.5 Å². The summed E-state index contributed by atoms with van der Waals surface area (Å²) < 4.78 is 33.4. The van der Waals surface area contributed by atoms with Gasteiger partial charge < -0.3 is 0 Å². The molecule has 4 atom stereocenters. The fourth-order valence-electron chi connectivity index (χ4n) is 5.20. The molecule has 2 bridgehead atoms. The van der Waals surface area contributed by atoms with Gasteiger partial charge in [0.2, 0.25) is 0 Å². The van der Waals surface area contributed by atoms with E-state index in [9.17, 15) is 34.6 Å². The summed E-state index contributed by atoms with van der Waals surface area (Å²) in [6.45, 7) is -0.523. The molecule has 1 saturated heterocycles. The number of H-pyrrole nitrogens is 1. The van der Waals surface area contributed by atoms with Gasteiger partial charge in [0.15, 0.2) is 0 Å². The summed E-state index contributed by atoms with van der Waals surface area (Å²) in [6, 6.07) is 1.34. The molecule has 45 heavy (non-hydrogen) atoms. The van der Waals surface area contributed by atoms with Gasteiger partial charge in [-0.05, 0) is 0 Å². The molecule has 0 aromatic carbocycles. The monoisotopic (exact) mass is 674 g/mol. The third kappa shape index (κ3) is 5.15. The van der Waals surface area contributed by atoms with Crippen LogP contribution in [0.25, 0.3) is 16.9 Å². The van der Waals surface area contributed by atoms with Crippen molar-refractivity contribution in [3.05, 3.63) is 58.4 Å². The molecule has 3 unspecified atom stereocenters. The predicted molar refractivity (Wildman–Crippen MR) is 155 cm³/mol. The molecule has 0 aliphatic carbocycles. The molecule has 4 aliphatic heterocycles. The van der Waals surface area contributed by atoms with Crippen LogP contribution in [0.4, 0.5) is 11.8 Å². The van der Waals surface area contributed by atoms with E-state index in [1.807, 2.05) is 0 Å². The number of aromatic nitrogens is 3. The molecule has 7 heterocycles. The van der Waals surface area contributed by atoms with Gasteiger partial charge in [-0.2, -0.15) is 0 Å². The maximum atomic E-state index is 12.3. The number of aliphatic hydroxyl groups excluding tert-OH is 1. The SMILES string of the molecule is Nc1nc2c(ccn2C2=C3O[PH](O)(O)OCc4oc(N5C=CC6C(N)NCNC65)c(O)c4O[PH](O)(O)O/C=C(/O2)[C@H]3O)c(=O)[nH]1. The number of aromatic amines is 1. The Morgan fingerprint density at radius 2 is 1.93 bits per heavy atom. The van der Waals surface area contributed by atoms with Crippen LogP contribution in [-0.2, 0) is 24.9 Å². The first-order valence-electron chi connectivity index (χ1n) is 13.1. The van der Waals surface area contributed by atoms with Crippen LogP contribution in [0.1, 0.15) is 5.76 Å². The van der Waals surface area contributed by atoms with Crippen LogP contribution >= 0.6 is 16.3 Å². The van der Waals surface area contributed by atoms with Gasteiger partial charge in [-0.1, -0.05) is 0 Å². The second-order valence-corrected chi connectivity index (χ2v) is 13.3. The van der Waals surface area contributed by atoms with Gasteiger partial charge in [0.05, 0.1) is 0 Å². The summed E-state index contributed by atoms with van der Waals surface area (Å²) in [5.41, 5.74) is 11.1. The number of hydrogen-bond donors (Lipinski definition) is 11. The predicted octanol–water partition coefficient (Wildman–Crippen LogP) is -1.89. The second-order valence-electron chi connectivity index (χ2n) is 10.2. The van der Waals surface area contributed by atoms with E-state index < -0.39 is 81.6 Å². The van der Waals surface area contributed by atoms with Crippen molar-refractivity contribution in [2.75, 3.05) is 17.3 Å². The number of nitrogens with two attached hydrogens (primary N) is 2. The van der Waals surface area contributed by atoms with Crippen molar-refractivity contribution in [2.24, 2.45) is 11.7 Å². The van der Waals surface area contributed by atoms with E-state index in [0.29, 0.717) is 12.9 Å². The molecule has 7 rings (SSSR count). The molecule has 21 nitrogen and oxygen atoms in total. The van der Waals surface area contributed by atoms with Crippen LogP contribution in [0.2, 0.25) is 0 Å². The fourth-order valence-corrected chi connectivity index (χ4v) is 6.86. The molecule has 0 radical (unpaired) electrons. The topological polar surface area (TPSA) is 311 Å². The third-order valence-corrected chi connectivity index (χ3v) is 9.15. The van der Waals surface area contributed by atoms with E-state index in [1.165, 1.54) is 17.2 Å². The first-order chi connectivity index (χ1) is 21.3. The maximum absolute atomic E-state index is 12.3. The van der Waals surface area contributed by atoms with Gasteiger partial charge in [0.25, 0.3) is 0 Å². The van der Waals surface area contributed by atoms with Gasteiger partial charge in [0, 0.05) is 0 Å². The molecule has 4 aliphatic rings. The normalized spacial score (nSPS) is 29.8. The number of rotatable bonds is 2. The van der Waals surface area contributed by atoms with Crippen LogP contribution in [0.5, 0.6) is 11.5 Å². The van der Waals surface area contributed by atoms with Crippen molar-refractivity contribution >= 4 is 45.1 Å². The molecule has 0 spiro atoms. The van der Waals surface area contributed by atoms with E-state index in [0.717, 1.165) is 4.57 Å². The molecule has 13 N–H and O–H groups in total. The van der Waals surface area contributed by atoms with Gasteiger partial charge in [-0.25, -0.2) is 0 Å². The Morgan fingerprint density at radius 1 is 1.13 bits per heavy atom. The molecule has 3 aromatic rings. The standard InChI is InChI=1S/C22H28N8O13P2/c23-16-8-1-3-29(17(8)26-7-25-16)20-13(32)14-11(41-20)6-39-45(36,37)43-15-12(31)10(5-38-44(34,35)42-14)40-21(15)30-4-2-9-18(30)27-22(24)28-19(9)33/h1-5,8,12,16-17,25-26,31-32,34-37,44-45H,6-7,23H2,(H3,24,27,28,33)/b10-5+/t8?,12-,16?,17?/m1/s1. The van der Waals surface area contributed by atoms with E-state index in [2.05, 4.69) is 20.6 Å². The Hall–Kier alpha value is -3.98. The Labute approximate surface area is 251 Å². The van der Waals surface area contributed by atoms with E-state index in [1.54, 1.807) is 12.3 Å². The van der Waals surface area contributed by atoms with E-state index >= 15 is 0 Å². The summed E-state index contributed by atoms with van der Waals surface area (Å²) >= 11 is 0. The Balaban J connectivity index is 1.27. The minimum absolute atomic E-state index is 0.0531. The number of aliphatic hydroxyl groups is 1. The molecular formula is C22H28N8O13P2. The van der Waals surface area contributed by atoms with Crippen molar-refractivity contribution in [1.82, 2.24) is 25.2 Å². The number of nitrogen functional groups attached to an aromatic ring is 1. The Bertz CT molecular complexity index is 1830. The number of ether oxygens (including phenoxy) is 1. The van der Waals surface area contributed by atoms with Crippen LogP contribution in [0, 0.1) is 5.92 Å². The molecule has 244 valence electrons. The molecule has 3 aromatic heterocycles. The van der Waals surface area contributed by atoms with Gasteiger partial charge >= 0.3 is 251 Å². The number of nitrogens with one attached hydrogen (secondary N) is 3. The fraction of sp³-hybridized carbons (Fsp3) is 0.273. The Morgan fingerprint density at radius 3 is 2.73 bits per heavy atom. The first kappa shape index (κ1) is 29.7. The van der Waals surface area contributed by atoms with Crippen LogP contribution in [0.3, 0.4) is 0 Å². The quantitative estimate of drug-likeness (QED) is 0.132. The zero-order valence-electron chi connectivity index (χ0n) is 22.6. The Kier molecular flexibility index (Phi) is 6.96. The molecular weight excluding hydrogens is 646 g/mol. The zero-order valence-corrected chi connectivity index (χ0v) is 24.6. The second kappa shape index (κ2) is 10.5. The van der Waals surface area contributed by atoms with Crippen molar-refractivity contribution in [3.63, 3.8) is 0 Å². The number of anilines is 2. The third-order valence-electron chi connectivity index (χ3n) is 7.25. The van der Waals surface area contributed by atoms with Crippen molar-refractivity contribution in [2.45, 2.75) is 25.0 Å². The van der Waals surface area contributed by atoms with Crippen molar-refractivity contribution in [1.29, 1.82) is 0 Å². The summed E-state index contributed by atoms with van der Waals surface area (Å²) in [5.74, 6) is -4.07. The van der Waals surface area contributed by atoms with Gasteiger partial charge in [-0.3, -0.25) is 0 Å². The van der Waals surface area contributed by atoms with Gasteiger partial charge in [-0.15, -0.1) is 0 Å². The van der Waals surface area contributed by atoms with E-state index in [-0.39, 0.29) is 28.8 Å². The number of fused-ring (bicyclic) bond motifs is 5. The van der Waals surface area contributed by atoms with Crippen molar-refractivity contribution < 1.29 is 57.0 Å². The zero-order chi connectivity index (χ0) is 31.8.